The van der Waals surface area contributed by atoms with E-state index in [1.165, 1.54) is 6.42 Å². The number of nitrogens with zero attached hydrogens (tertiary/aromatic N) is 4. The van der Waals surface area contributed by atoms with Crippen LogP contribution in [0.2, 0.25) is 5.02 Å². The maximum Gasteiger partial charge on any atom is 0.150 e. The number of fused-ring (bicyclic) bond motifs is 2. The SMILES string of the molecule is Nc1nccn2c(C3CCC3)nc(-c3cc(Cl)c4ccc(-c5ccccc5)nc4c3)c12. The topological polar surface area (TPSA) is 69.1 Å². The molecule has 152 valence electrons. The predicted octanol–water partition coefficient (Wildman–Crippen LogP) is 6.11. The summed E-state index contributed by atoms with van der Waals surface area (Å²) in [6, 6.07) is 18.2. The first-order valence-corrected chi connectivity index (χ1v) is 10.9. The van der Waals surface area contributed by atoms with Gasteiger partial charge in [-0.25, -0.2) is 15.0 Å². The molecule has 31 heavy (non-hydrogen) atoms. The second-order valence-electron chi connectivity index (χ2n) is 8.06. The van der Waals surface area contributed by atoms with E-state index in [0.717, 1.165) is 57.6 Å². The summed E-state index contributed by atoms with van der Waals surface area (Å²) in [5.74, 6) is 1.98. The molecule has 0 unspecified atom stereocenters. The number of pyridine rings is 1. The van der Waals surface area contributed by atoms with Gasteiger partial charge < -0.3 is 5.73 Å². The molecule has 0 saturated heterocycles. The highest BCUT2D eigenvalue weighted by Gasteiger charge is 2.27. The normalized spacial score (nSPS) is 14.2. The predicted molar refractivity (Wildman–Crippen MR) is 125 cm³/mol. The fourth-order valence-electron chi connectivity index (χ4n) is 4.34. The zero-order chi connectivity index (χ0) is 20.9. The molecule has 0 bridgehead atoms. The van der Waals surface area contributed by atoms with Crippen LogP contribution in [0.1, 0.15) is 31.0 Å². The van der Waals surface area contributed by atoms with Crippen molar-refractivity contribution < 1.29 is 0 Å². The van der Waals surface area contributed by atoms with Crippen molar-refractivity contribution in [3.63, 3.8) is 0 Å². The zero-order valence-electron chi connectivity index (χ0n) is 16.8. The van der Waals surface area contributed by atoms with Crippen molar-refractivity contribution in [3.05, 3.63) is 77.8 Å². The van der Waals surface area contributed by atoms with Crippen LogP contribution < -0.4 is 5.73 Å². The van der Waals surface area contributed by atoms with Crippen molar-refractivity contribution in [1.29, 1.82) is 0 Å². The fourth-order valence-corrected chi connectivity index (χ4v) is 4.62. The second kappa shape index (κ2) is 7.06. The quantitative estimate of drug-likeness (QED) is 0.378. The largest absolute Gasteiger partial charge is 0.382 e. The summed E-state index contributed by atoms with van der Waals surface area (Å²) in [7, 11) is 0. The highest BCUT2D eigenvalue weighted by atomic mass is 35.5. The molecule has 1 saturated carbocycles. The lowest BCUT2D eigenvalue weighted by molar-refractivity contribution is 0.400. The van der Waals surface area contributed by atoms with E-state index in [1.54, 1.807) is 6.20 Å². The van der Waals surface area contributed by atoms with Gasteiger partial charge in [-0.1, -0.05) is 48.4 Å². The average molecular weight is 426 g/mol. The van der Waals surface area contributed by atoms with Crippen LogP contribution in [0.25, 0.3) is 38.9 Å². The molecule has 6 heteroatoms. The summed E-state index contributed by atoms with van der Waals surface area (Å²) in [6.07, 6.45) is 7.23. The van der Waals surface area contributed by atoms with E-state index in [0.29, 0.717) is 16.8 Å². The van der Waals surface area contributed by atoms with Gasteiger partial charge in [-0.15, -0.1) is 0 Å². The molecule has 0 atom stereocenters. The fraction of sp³-hybridized carbons (Fsp3) is 0.160. The summed E-state index contributed by atoms with van der Waals surface area (Å²) in [4.78, 5) is 14.2. The van der Waals surface area contributed by atoms with Gasteiger partial charge in [-0.05, 0) is 37.1 Å². The molecule has 2 aromatic carbocycles. The van der Waals surface area contributed by atoms with Gasteiger partial charge in [0.15, 0.2) is 0 Å². The summed E-state index contributed by atoms with van der Waals surface area (Å²) in [6.45, 7) is 0. The van der Waals surface area contributed by atoms with E-state index in [2.05, 4.69) is 21.5 Å². The maximum absolute atomic E-state index is 6.69. The van der Waals surface area contributed by atoms with Gasteiger partial charge in [0, 0.05) is 34.8 Å². The molecule has 0 amide bonds. The van der Waals surface area contributed by atoms with E-state index in [9.17, 15) is 0 Å². The van der Waals surface area contributed by atoms with Crippen LogP contribution in [0, 0.1) is 0 Å². The lowest BCUT2D eigenvalue weighted by Gasteiger charge is -2.23. The summed E-state index contributed by atoms with van der Waals surface area (Å²) >= 11 is 6.69. The van der Waals surface area contributed by atoms with Crippen LogP contribution in [-0.4, -0.2) is 19.4 Å². The number of imidazole rings is 1. The number of hydrogen-bond acceptors (Lipinski definition) is 4. The van der Waals surface area contributed by atoms with Gasteiger partial charge in [-0.3, -0.25) is 4.40 Å². The number of rotatable bonds is 3. The molecular formula is C25H20ClN5. The highest BCUT2D eigenvalue weighted by molar-refractivity contribution is 6.35. The first-order chi connectivity index (χ1) is 15.2. The smallest absolute Gasteiger partial charge is 0.150 e. The minimum Gasteiger partial charge on any atom is -0.382 e. The molecule has 0 radical (unpaired) electrons. The Morgan fingerprint density at radius 1 is 0.968 bits per heavy atom. The van der Waals surface area contributed by atoms with E-state index in [4.69, 9.17) is 27.3 Å². The summed E-state index contributed by atoms with van der Waals surface area (Å²) in [5.41, 5.74) is 11.6. The Labute approximate surface area is 184 Å². The Bertz CT molecular complexity index is 1440. The van der Waals surface area contributed by atoms with Crippen LogP contribution >= 0.6 is 11.6 Å². The van der Waals surface area contributed by atoms with Crippen molar-refractivity contribution in [1.82, 2.24) is 19.4 Å². The Balaban J connectivity index is 1.57. The van der Waals surface area contributed by atoms with Gasteiger partial charge in [-0.2, -0.15) is 0 Å². The molecule has 5 aromatic rings. The molecule has 0 aliphatic heterocycles. The van der Waals surface area contributed by atoms with Gasteiger partial charge in [0.25, 0.3) is 0 Å². The third-order valence-electron chi connectivity index (χ3n) is 6.18. The van der Waals surface area contributed by atoms with Crippen molar-refractivity contribution in [2.45, 2.75) is 25.2 Å². The number of nitrogen functional groups attached to an aromatic ring is 1. The minimum atomic E-state index is 0.460. The number of halogens is 1. The lowest BCUT2D eigenvalue weighted by atomic mass is 9.85. The molecule has 2 N–H and O–H groups in total. The first-order valence-electron chi connectivity index (χ1n) is 10.5. The Hall–Kier alpha value is -3.44. The Morgan fingerprint density at radius 2 is 1.81 bits per heavy atom. The van der Waals surface area contributed by atoms with Gasteiger partial charge in [0.1, 0.15) is 22.9 Å². The van der Waals surface area contributed by atoms with Crippen molar-refractivity contribution in [2.24, 2.45) is 0 Å². The molecule has 1 fully saturated rings. The Kier molecular flexibility index (Phi) is 4.18. The van der Waals surface area contributed by atoms with Gasteiger partial charge in [0.2, 0.25) is 0 Å². The van der Waals surface area contributed by atoms with Crippen molar-refractivity contribution in [2.75, 3.05) is 5.73 Å². The minimum absolute atomic E-state index is 0.460. The van der Waals surface area contributed by atoms with Crippen LogP contribution in [0.15, 0.2) is 67.0 Å². The van der Waals surface area contributed by atoms with Crippen LogP contribution in [-0.2, 0) is 0 Å². The maximum atomic E-state index is 6.69. The second-order valence-corrected chi connectivity index (χ2v) is 8.47. The van der Waals surface area contributed by atoms with Gasteiger partial charge in [0.05, 0.1) is 16.2 Å². The standard InChI is InChI=1S/C25H20ClN5/c26-19-13-17(14-21-18(19)9-10-20(29-21)15-5-2-1-3-6-15)22-23-24(27)28-11-12-31(23)25(30-22)16-7-4-8-16/h1-3,5-6,9-14,16H,4,7-8H2,(H2,27,28). The summed E-state index contributed by atoms with van der Waals surface area (Å²) in [5, 5.41) is 1.56. The average Bonchev–Trinajstić information content (AvgIpc) is 3.13. The van der Waals surface area contributed by atoms with Crippen LogP contribution in [0.5, 0.6) is 0 Å². The van der Waals surface area contributed by atoms with E-state index in [1.807, 2.05) is 48.7 Å². The van der Waals surface area contributed by atoms with Gasteiger partial charge >= 0.3 is 0 Å². The van der Waals surface area contributed by atoms with Crippen LogP contribution in [0.4, 0.5) is 5.82 Å². The van der Waals surface area contributed by atoms with E-state index in [-0.39, 0.29) is 0 Å². The molecule has 3 aromatic heterocycles. The molecular weight excluding hydrogens is 406 g/mol. The molecule has 1 aliphatic rings. The highest BCUT2D eigenvalue weighted by Crippen LogP contribution is 2.40. The van der Waals surface area contributed by atoms with E-state index < -0.39 is 0 Å². The van der Waals surface area contributed by atoms with Crippen molar-refractivity contribution in [3.8, 4) is 22.5 Å². The first kappa shape index (κ1) is 18.3. The molecule has 6 rings (SSSR count). The molecule has 5 nitrogen and oxygen atoms in total. The third kappa shape index (κ3) is 2.96. The molecule has 1 aliphatic carbocycles. The lowest BCUT2D eigenvalue weighted by Crippen LogP contribution is -2.12. The van der Waals surface area contributed by atoms with E-state index >= 15 is 0 Å². The number of benzene rings is 2. The monoisotopic (exact) mass is 425 g/mol. The zero-order valence-corrected chi connectivity index (χ0v) is 17.5. The molecule has 0 spiro atoms. The third-order valence-corrected chi connectivity index (χ3v) is 6.49. The Morgan fingerprint density at radius 3 is 2.58 bits per heavy atom. The van der Waals surface area contributed by atoms with Crippen LogP contribution in [0.3, 0.4) is 0 Å². The number of anilines is 1. The number of aromatic nitrogens is 4. The molecule has 3 heterocycles. The number of hydrogen-bond donors (Lipinski definition) is 1. The van der Waals surface area contributed by atoms with Crippen molar-refractivity contribution >= 4 is 33.8 Å². The summed E-state index contributed by atoms with van der Waals surface area (Å²) < 4.78 is 2.09. The number of nitrogens with two attached hydrogens (primary N) is 1.